The Morgan fingerprint density at radius 1 is 0.763 bits per heavy atom. The molecule has 7 atom stereocenters. The zero-order valence-electron chi connectivity index (χ0n) is 53.8. The fourth-order valence-corrected chi connectivity index (χ4v) is 14.0. The summed E-state index contributed by atoms with van der Waals surface area (Å²) in [6.07, 6.45) is 1.10. The Morgan fingerprint density at radius 2 is 1.41 bits per heavy atom. The van der Waals surface area contributed by atoms with Crippen molar-refractivity contribution < 1.29 is 62.4 Å². The van der Waals surface area contributed by atoms with Crippen LogP contribution in [0.2, 0.25) is 0 Å². The predicted octanol–water partition coefficient (Wildman–Crippen LogP) is 8.96. The maximum atomic E-state index is 14.6. The van der Waals surface area contributed by atoms with Gasteiger partial charge in [0.1, 0.15) is 25.3 Å². The fraction of sp³-hybridized carbons (Fsp3) is 0.452. The number of carbonyl (C=O) groups excluding carboxylic acids is 7. The number of aryl methyl sites for hydroxylation is 3. The number of amides is 5. The number of alkyl carbamates (subject to hydrolysis) is 1. The van der Waals surface area contributed by atoms with Gasteiger partial charge in [-0.25, -0.2) is 9.78 Å². The molecule has 6 aromatic rings. The van der Waals surface area contributed by atoms with Crippen LogP contribution in [0.15, 0.2) is 121 Å². The van der Waals surface area contributed by atoms with E-state index < -0.39 is 65.6 Å². The Kier molecular flexibility index (Phi) is 22.9. The van der Waals surface area contributed by atoms with Crippen LogP contribution >= 0.6 is 11.3 Å². The summed E-state index contributed by atoms with van der Waals surface area (Å²) in [6, 6.07) is 34.6. The third-order valence-electron chi connectivity index (χ3n) is 18.3. The molecule has 1 aromatic heterocycles. The normalized spacial score (nSPS) is 18.5. The molecule has 3 aliphatic heterocycles. The summed E-state index contributed by atoms with van der Waals surface area (Å²) in [5, 5.41) is 16.3. The van der Waals surface area contributed by atoms with Gasteiger partial charge in [0.15, 0.2) is 11.6 Å². The minimum Gasteiger partial charge on any atom is -0.449 e. The third kappa shape index (κ3) is 17.1. The van der Waals surface area contributed by atoms with Crippen LogP contribution < -0.4 is 21.3 Å². The summed E-state index contributed by atoms with van der Waals surface area (Å²) >= 11 is 1.58. The van der Waals surface area contributed by atoms with Gasteiger partial charge in [0.25, 0.3) is 0 Å². The van der Waals surface area contributed by atoms with Crippen molar-refractivity contribution in [1.29, 1.82) is 0 Å². The number of Topliss-reactive ketones (excluding diaryl/α,β-unsaturated/α-hetero) is 2. The number of nitrogens with zero attached hydrogens (tertiary/aromatic N) is 3. The standard InChI is InChI=1S/C73H86N6O13S/c1-45-68(93-44-75-45)51-24-21-47(22-25-51)23-29-63(81)61-39-54(80)40-78(61)71(86)69(73(3,4)5)77-66(84)43-90-36-35-89-34-33-88-32-31-48-17-19-49(20-18-48)41-91-46(2)52(27-30-65(74)83)38-64(82)62-37-53-12-10-11-50-26-28-60(70(85)79(62)67(50)53)76-72(87)92-42-59-57-15-8-6-13-55(57)56-14-7-9-16-58(56)59/h6-22,24-25,44,46,52,54,59-62,69,80H,23,26-43H2,1-5H3,(H2,74,83)(H,76,87)(H,77,84)/t46-,52-,54-,60+,61+,62+,69-/m1/s1. The second-order valence-electron chi connectivity index (χ2n) is 25.9. The van der Waals surface area contributed by atoms with Crippen molar-refractivity contribution in [3.63, 3.8) is 0 Å². The monoisotopic (exact) mass is 1290 g/mol. The number of primary amides is 1. The fourth-order valence-electron chi connectivity index (χ4n) is 13.2. The van der Waals surface area contributed by atoms with Crippen molar-refractivity contribution in [1.82, 2.24) is 20.5 Å². The molecular weight excluding hydrogens is 1200 g/mol. The summed E-state index contributed by atoms with van der Waals surface area (Å²) in [5.41, 5.74) is 18.7. The van der Waals surface area contributed by atoms with Crippen LogP contribution in [0, 0.1) is 18.3 Å². The molecule has 0 unspecified atom stereocenters. The van der Waals surface area contributed by atoms with Crippen LogP contribution in [-0.4, -0.2) is 145 Å². The molecule has 5 N–H and O–H groups in total. The Hall–Kier alpha value is -7.98. The average molecular weight is 1290 g/mol. The van der Waals surface area contributed by atoms with Crippen LogP contribution in [0.25, 0.3) is 21.6 Å². The highest BCUT2D eigenvalue weighted by Gasteiger charge is 2.46. The van der Waals surface area contributed by atoms with Crippen LogP contribution in [0.3, 0.4) is 0 Å². The van der Waals surface area contributed by atoms with Crippen molar-refractivity contribution in [3.05, 3.63) is 165 Å². The first kappa shape index (κ1) is 67.9. The van der Waals surface area contributed by atoms with Gasteiger partial charge >= 0.3 is 6.09 Å². The molecule has 0 radical (unpaired) electrons. The first-order valence-electron chi connectivity index (χ1n) is 32.4. The van der Waals surface area contributed by atoms with Crippen LogP contribution in [0.5, 0.6) is 0 Å². The number of aliphatic hydroxyl groups excluding tert-OH is 1. The lowest BCUT2D eigenvalue weighted by molar-refractivity contribution is -0.144. The van der Waals surface area contributed by atoms with E-state index in [0.717, 1.165) is 71.9 Å². The number of benzene rings is 5. The molecule has 5 amide bonds. The van der Waals surface area contributed by atoms with E-state index in [2.05, 4.69) is 27.8 Å². The number of likely N-dealkylation sites (tertiary alicyclic amines) is 1. The van der Waals surface area contributed by atoms with Gasteiger partial charge in [-0.1, -0.05) is 136 Å². The van der Waals surface area contributed by atoms with E-state index in [0.29, 0.717) is 58.3 Å². The SMILES string of the molecule is Cc1ncsc1-c1ccc(CCC(=O)[C@@H]2C[C@@H](O)CN2C(=O)[C@@H](NC(=O)COCCOCCOCCc2ccc(CO[C@H](C)[C@H](CCC(N)=O)CC(=O)[C@@H]3Cc4cccc5c4N3C(=O)[C@@H](NC(=O)OCC3c4ccccc4-c4ccccc43)CC5)cc2)C(C)(C)C)cc1. The molecule has 20 heteroatoms. The molecule has 0 saturated carbocycles. The number of hydrogen-bond donors (Lipinski definition) is 4. The lowest BCUT2D eigenvalue weighted by Gasteiger charge is -2.35. The minimum absolute atomic E-state index is 0.00430. The quantitative estimate of drug-likeness (QED) is 0.0297. The van der Waals surface area contributed by atoms with Crippen molar-refractivity contribution in [2.24, 2.45) is 17.1 Å². The smallest absolute Gasteiger partial charge is 0.407 e. The molecule has 5 aromatic carbocycles. The van der Waals surface area contributed by atoms with E-state index in [1.54, 1.807) is 16.2 Å². The van der Waals surface area contributed by atoms with E-state index in [1.807, 2.05) is 143 Å². The molecule has 4 heterocycles. The van der Waals surface area contributed by atoms with Gasteiger partial charge in [-0.15, -0.1) is 11.3 Å². The average Bonchev–Trinajstić information content (AvgIpc) is 1.62. The Morgan fingerprint density at radius 3 is 2.09 bits per heavy atom. The molecule has 93 heavy (non-hydrogen) atoms. The number of fused-ring (bicyclic) bond motifs is 3. The van der Waals surface area contributed by atoms with E-state index in [-0.39, 0.29) is 94.6 Å². The highest BCUT2D eigenvalue weighted by Crippen LogP contribution is 2.45. The number of para-hydroxylation sites is 1. The number of β-amino-alcohol motifs (C(OH)–C–C–N with tert-alkyl or cyclic N) is 1. The topological polar surface area (TPSA) is 255 Å². The number of nitrogens with one attached hydrogen (secondary N) is 2. The first-order valence-corrected chi connectivity index (χ1v) is 33.3. The van der Waals surface area contributed by atoms with Gasteiger partial charge in [-0.2, -0.15) is 0 Å². The Labute approximate surface area is 548 Å². The van der Waals surface area contributed by atoms with Gasteiger partial charge in [0.2, 0.25) is 23.6 Å². The number of anilines is 1. The van der Waals surface area contributed by atoms with Crippen molar-refractivity contribution in [3.8, 4) is 21.6 Å². The lowest BCUT2D eigenvalue weighted by Crippen LogP contribution is -2.57. The largest absolute Gasteiger partial charge is 0.449 e. The predicted molar refractivity (Wildman–Crippen MR) is 353 cm³/mol. The number of rotatable bonds is 31. The highest BCUT2D eigenvalue weighted by molar-refractivity contribution is 7.13. The zero-order chi connectivity index (χ0) is 65.8. The number of aromatic nitrogens is 1. The summed E-state index contributed by atoms with van der Waals surface area (Å²) in [7, 11) is 0. The third-order valence-corrected chi connectivity index (χ3v) is 19.3. The molecule has 1 fully saturated rings. The molecular formula is C73H86N6O13S. The molecule has 1 saturated heterocycles. The molecule has 10 rings (SSSR count). The maximum absolute atomic E-state index is 14.6. The van der Waals surface area contributed by atoms with Gasteiger partial charge in [0, 0.05) is 44.6 Å². The highest BCUT2D eigenvalue weighted by atomic mass is 32.1. The Bertz CT molecular complexity index is 3580. The summed E-state index contributed by atoms with van der Waals surface area (Å²) in [6.45, 7) is 10.9. The van der Waals surface area contributed by atoms with Crippen LogP contribution in [0.4, 0.5) is 10.5 Å². The van der Waals surface area contributed by atoms with E-state index >= 15 is 0 Å². The number of ether oxygens (including phenoxy) is 5. The van der Waals surface area contributed by atoms with Gasteiger partial charge in [-0.05, 0) is 113 Å². The molecule has 0 bridgehead atoms. The maximum Gasteiger partial charge on any atom is 0.407 e. The van der Waals surface area contributed by atoms with Gasteiger partial charge in [-0.3, -0.25) is 33.7 Å². The van der Waals surface area contributed by atoms with E-state index in [4.69, 9.17) is 29.4 Å². The minimum atomic E-state index is -0.964. The Balaban J connectivity index is 0.617. The molecule has 0 spiro atoms. The van der Waals surface area contributed by atoms with Crippen molar-refractivity contribution in [2.75, 3.05) is 57.7 Å². The first-order chi connectivity index (χ1) is 44.8. The lowest BCUT2D eigenvalue weighted by atomic mass is 9.85. The zero-order valence-corrected chi connectivity index (χ0v) is 54.6. The van der Waals surface area contributed by atoms with Gasteiger partial charge < -0.3 is 50.1 Å². The number of carbonyl (C=O) groups is 7. The van der Waals surface area contributed by atoms with Crippen molar-refractivity contribution in [2.45, 2.75) is 148 Å². The van der Waals surface area contributed by atoms with E-state index in [9.17, 15) is 38.7 Å². The van der Waals surface area contributed by atoms with Gasteiger partial charge in [0.05, 0.1) is 85.7 Å². The number of ketones is 2. The number of aliphatic hydroxyl groups is 1. The van der Waals surface area contributed by atoms with E-state index in [1.165, 1.54) is 4.90 Å². The molecule has 19 nitrogen and oxygen atoms in total. The summed E-state index contributed by atoms with van der Waals surface area (Å²) in [4.78, 5) is 104. The second kappa shape index (κ2) is 31.3. The van der Waals surface area contributed by atoms with Crippen LogP contribution in [-0.2, 0) is 84.7 Å². The number of nitrogens with two attached hydrogens (primary N) is 1. The molecule has 492 valence electrons. The second-order valence-corrected chi connectivity index (χ2v) is 26.8. The molecule has 1 aliphatic carbocycles. The summed E-state index contributed by atoms with van der Waals surface area (Å²) < 4.78 is 29.4. The van der Waals surface area contributed by atoms with Crippen LogP contribution in [0.1, 0.15) is 117 Å². The summed E-state index contributed by atoms with van der Waals surface area (Å²) in [5.74, 6) is -2.59. The number of hydrogen-bond acceptors (Lipinski definition) is 15. The number of thiazole rings is 1. The molecule has 4 aliphatic rings. The van der Waals surface area contributed by atoms with Crippen molar-refractivity contribution >= 4 is 58.3 Å².